The molecule has 0 spiro atoms. The maximum atomic E-state index is 6.14. The molecule has 1 rings (SSSR count). The maximum absolute atomic E-state index is 6.14. The highest BCUT2D eigenvalue weighted by atomic mass is 32.2. The zero-order chi connectivity index (χ0) is 13.1. The van der Waals surface area contributed by atoms with Crippen molar-refractivity contribution in [2.75, 3.05) is 45.2 Å². The average Bonchev–Trinajstić information content (AvgIpc) is 2.61. The summed E-state index contributed by atoms with van der Waals surface area (Å²) in [5.41, 5.74) is 6.35. The molecule has 0 aromatic heterocycles. The van der Waals surface area contributed by atoms with Gasteiger partial charge in [0, 0.05) is 30.4 Å². The van der Waals surface area contributed by atoms with Crippen molar-refractivity contribution in [1.82, 2.24) is 9.80 Å². The summed E-state index contributed by atoms with van der Waals surface area (Å²) in [6.45, 7) is 9.94. The van der Waals surface area contributed by atoms with Crippen LogP contribution >= 0.6 is 11.8 Å². The molecule has 1 saturated heterocycles. The molecule has 0 aliphatic carbocycles. The molecule has 0 aromatic rings. The molecule has 0 saturated carbocycles. The van der Waals surface area contributed by atoms with Crippen LogP contribution in [0, 0.1) is 5.92 Å². The Kier molecular flexibility index (Phi) is 5.77. The molecular formula is C13H29N3S. The van der Waals surface area contributed by atoms with Gasteiger partial charge in [-0.2, -0.15) is 11.8 Å². The van der Waals surface area contributed by atoms with Crippen LogP contribution in [0.3, 0.4) is 0 Å². The van der Waals surface area contributed by atoms with Crippen LogP contribution in [-0.2, 0) is 0 Å². The Morgan fingerprint density at radius 3 is 2.47 bits per heavy atom. The van der Waals surface area contributed by atoms with Crippen molar-refractivity contribution in [3.8, 4) is 0 Å². The molecule has 1 aliphatic heterocycles. The molecular weight excluding hydrogens is 230 g/mol. The van der Waals surface area contributed by atoms with Crippen LogP contribution in [0.15, 0.2) is 0 Å². The minimum absolute atomic E-state index is 0.217. The van der Waals surface area contributed by atoms with E-state index in [2.05, 4.69) is 56.4 Å². The summed E-state index contributed by atoms with van der Waals surface area (Å²) in [6, 6.07) is 0.569. The van der Waals surface area contributed by atoms with Gasteiger partial charge in [-0.15, -0.1) is 0 Å². The van der Waals surface area contributed by atoms with Gasteiger partial charge in [0.15, 0.2) is 0 Å². The fourth-order valence-electron chi connectivity index (χ4n) is 3.15. The molecule has 4 heteroatoms. The predicted octanol–water partition coefficient (Wildman–Crippen LogP) is 1.34. The van der Waals surface area contributed by atoms with E-state index in [9.17, 15) is 0 Å². The second-order valence-electron chi connectivity index (χ2n) is 5.62. The Labute approximate surface area is 111 Å². The van der Waals surface area contributed by atoms with Crippen molar-refractivity contribution in [3.05, 3.63) is 0 Å². The first kappa shape index (κ1) is 15.3. The minimum atomic E-state index is 0.217. The summed E-state index contributed by atoms with van der Waals surface area (Å²) in [5, 5.41) is 0. The molecule has 3 unspecified atom stereocenters. The van der Waals surface area contributed by atoms with Gasteiger partial charge in [0.1, 0.15) is 0 Å². The monoisotopic (exact) mass is 259 g/mol. The van der Waals surface area contributed by atoms with Crippen LogP contribution in [-0.4, -0.2) is 66.6 Å². The van der Waals surface area contributed by atoms with E-state index in [1.54, 1.807) is 0 Å². The molecule has 3 atom stereocenters. The van der Waals surface area contributed by atoms with Gasteiger partial charge >= 0.3 is 0 Å². The minimum Gasteiger partial charge on any atom is -0.329 e. The fraction of sp³-hybridized carbons (Fsp3) is 1.00. The Bertz CT molecular complexity index is 235. The number of nitrogens with zero attached hydrogens (tertiary/aromatic N) is 2. The van der Waals surface area contributed by atoms with Gasteiger partial charge in [-0.05, 0) is 39.2 Å². The van der Waals surface area contributed by atoms with Crippen LogP contribution in [0.4, 0.5) is 0 Å². The first-order chi connectivity index (χ1) is 7.97. The van der Waals surface area contributed by atoms with Gasteiger partial charge < -0.3 is 10.6 Å². The first-order valence-electron chi connectivity index (χ1n) is 6.67. The van der Waals surface area contributed by atoms with Crippen molar-refractivity contribution in [2.45, 2.75) is 32.4 Å². The average molecular weight is 259 g/mol. The van der Waals surface area contributed by atoms with Gasteiger partial charge in [-0.1, -0.05) is 13.8 Å². The van der Waals surface area contributed by atoms with E-state index in [4.69, 9.17) is 5.73 Å². The normalized spacial score (nSPS) is 31.4. The van der Waals surface area contributed by atoms with Gasteiger partial charge in [0.2, 0.25) is 0 Å². The number of hydrogen-bond donors (Lipinski definition) is 1. The van der Waals surface area contributed by atoms with Crippen LogP contribution in [0.5, 0.6) is 0 Å². The van der Waals surface area contributed by atoms with Gasteiger partial charge in [-0.25, -0.2) is 0 Å². The summed E-state index contributed by atoms with van der Waals surface area (Å²) in [6.07, 6.45) is 0. The molecule has 2 N–H and O–H groups in total. The molecule has 0 bridgehead atoms. The van der Waals surface area contributed by atoms with Crippen molar-refractivity contribution in [2.24, 2.45) is 11.7 Å². The van der Waals surface area contributed by atoms with E-state index in [-0.39, 0.29) is 5.54 Å². The molecule has 102 valence electrons. The van der Waals surface area contributed by atoms with E-state index in [0.29, 0.717) is 12.0 Å². The zero-order valence-corrected chi connectivity index (χ0v) is 12.9. The molecule has 1 fully saturated rings. The number of nitrogens with two attached hydrogens (primary N) is 1. The van der Waals surface area contributed by atoms with E-state index in [1.807, 2.05) is 0 Å². The molecule has 0 aromatic carbocycles. The van der Waals surface area contributed by atoms with E-state index in [0.717, 1.165) is 19.6 Å². The Balaban J connectivity index is 2.83. The summed E-state index contributed by atoms with van der Waals surface area (Å²) < 4.78 is 0. The molecule has 1 aliphatic rings. The third kappa shape index (κ3) is 3.16. The highest BCUT2D eigenvalue weighted by Crippen LogP contribution is 2.38. The summed E-state index contributed by atoms with van der Waals surface area (Å²) in [7, 11) is 4.29. The van der Waals surface area contributed by atoms with Crippen molar-refractivity contribution < 1.29 is 0 Å². The second kappa shape index (κ2) is 6.41. The van der Waals surface area contributed by atoms with Crippen molar-refractivity contribution in [1.29, 1.82) is 0 Å². The van der Waals surface area contributed by atoms with E-state index in [1.165, 1.54) is 11.5 Å². The third-order valence-corrected chi connectivity index (χ3v) is 5.50. The third-order valence-electron chi connectivity index (χ3n) is 4.06. The van der Waals surface area contributed by atoms with E-state index < -0.39 is 0 Å². The lowest BCUT2D eigenvalue weighted by molar-refractivity contribution is 0.0382. The standard InChI is InChI=1S/C13H29N3S/c1-6-16(12(3)7-15(4)5)13(9-14)10-17-8-11(13)2/h11-12H,6-10,14H2,1-5H3. The first-order valence-corrected chi connectivity index (χ1v) is 7.82. The Morgan fingerprint density at radius 1 is 1.47 bits per heavy atom. The van der Waals surface area contributed by atoms with Gasteiger partial charge in [0.05, 0.1) is 0 Å². The number of rotatable bonds is 6. The molecule has 3 nitrogen and oxygen atoms in total. The highest BCUT2D eigenvalue weighted by molar-refractivity contribution is 7.99. The highest BCUT2D eigenvalue weighted by Gasteiger charge is 2.45. The van der Waals surface area contributed by atoms with Crippen LogP contribution < -0.4 is 5.73 Å². The smallest absolute Gasteiger partial charge is 0.0458 e. The Morgan fingerprint density at radius 2 is 2.12 bits per heavy atom. The SMILES string of the molecule is CCN(C(C)CN(C)C)C1(CN)CSCC1C. The number of thioether (sulfide) groups is 1. The lowest BCUT2D eigenvalue weighted by Crippen LogP contribution is -2.62. The van der Waals surface area contributed by atoms with Gasteiger partial charge in [0.25, 0.3) is 0 Å². The van der Waals surface area contributed by atoms with Crippen molar-refractivity contribution >= 4 is 11.8 Å². The predicted molar refractivity (Wildman–Crippen MR) is 78.7 cm³/mol. The number of likely N-dealkylation sites (N-methyl/N-ethyl adjacent to an activating group) is 2. The zero-order valence-electron chi connectivity index (χ0n) is 12.1. The van der Waals surface area contributed by atoms with Gasteiger partial charge in [-0.3, -0.25) is 4.90 Å². The maximum Gasteiger partial charge on any atom is 0.0458 e. The Hall–Kier alpha value is 0.230. The molecule has 0 amide bonds. The van der Waals surface area contributed by atoms with E-state index >= 15 is 0 Å². The molecule has 1 heterocycles. The van der Waals surface area contributed by atoms with Crippen molar-refractivity contribution in [3.63, 3.8) is 0 Å². The lowest BCUT2D eigenvalue weighted by Gasteiger charge is -2.47. The topological polar surface area (TPSA) is 32.5 Å². The largest absolute Gasteiger partial charge is 0.329 e. The quantitative estimate of drug-likeness (QED) is 0.780. The fourth-order valence-corrected chi connectivity index (χ4v) is 4.85. The summed E-state index contributed by atoms with van der Waals surface area (Å²) >= 11 is 2.06. The van der Waals surface area contributed by atoms with Crippen LogP contribution in [0.1, 0.15) is 20.8 Å². The molecule has 17 heavy (non-hydrogen) atoms. The summed E-state index contributed by atoms with van der Waals surface area (Å²) in [5.74, 6) is 3.14. The number of hydrogen-bond acceptors (Lipinski definition) is 4. The van der Waals surface area contributed by atoms with Crippen LogP contribution in [0.2, 0.25) is 0 Å². The van der Waals surface area contributed by atoms with Crippen LogP contribution in [0.25, 0.3) is 0 Å². The second-order valence-corrected chi connectivity index (χ2v) is 6.65. The molecule has 0 radical (unpaired) electrons. The summed E-state index contributed by atoms with van der Waals surface area (Å²) in [4.78, 5) is 4.90. The lowest BCUT2D eigenvalue weighted by atomic mass is 9.85.